The zero-order valence-electron chi connectivity index (χ0n) is 14.6. The van der Waals surface area contributed by atoms with E-state index in [1.807, 2.05) is 0 Å². The largest absolute Gasteiger partial charge is 0.376 e. The number of ether oxygens (including phenoxy) is 1. The molecule has 1 unspecified atom stereocenters. The molecule has 1 atom stereocenters. The Balaban J connectivity index is 1.31. The molecule has 2 aliphatic rings. The number of hydrogen-bond acceptors (Lipinski definition) is 3. The summed E-state index contributed by atoms with van der Waals surface area (Å²) < 4.78 is 5.62. The molecule has 2 heterocycles. The van der Waals surface area contributed by atoms with Gasteiger partial charge in [-0.05, 0) is 57.2 Å². The molecule has 3 nitrogen and oxygen atoms in total. The number of morpholine rings is 1. The van der Waals surface area contributed by atoms with E-state index in [9.17, 15) is 0 Å². The van der Waals surface area contributed by atoms with E-state index in [0.29, 0.717) is 6.10 Å². The molecule has 0 bridgehead atoms. The van der Waals surface area contributed by atoms with Crippen LogP contribution in [0.5, 0.6) is 0 Å². The molecule has 3 heteroatoms. The van der Waals surface area contributed by atoms with Gasteiger partial charge in [-0.15, -0.1) is 0 Å². The topological polar surface area (TPSA) is 15.7 Å². The van der Waals surface area contributed by atoms with Gasteiger partial charge >= 0.3 is 0 Å². The summed E-state index contributed by atoms with van der Waals surface area (Å²) in [5.74, 6) is 0.926. The SMILES string of the molecule is CC1CN(CCN2CCC(CCc3ccccc3)CC2)CCO1. The van der Waals surface area contributed by atoms with Crippen LogP contribution in [0.3, 0.4) is 0 Å². The van der Waals surface area contributed by atoms with Crippen molar-refractivity contribution in [3.63, 3.8) is 0 Å². The van der Waals surface area contributed by atoms with Crippen LogP contribution in [-0.4, -0.2) is 61.8 Å². The Hall–Kier alpha value is -0.900. The van der Waals surface area contributed by atoms with Crippen LogP contribution < -0.4 is 0 Å². The van der Waals surface area contributed by atoms with Crippen LogP contribution in [-0.2, 0) is 11.2 Å². The first-order valence-corrected chi connectivity index (χ1v) is 9.40. The zero-order valence-corrected chi connectivity index (χ0v) is 14.6. The second-order valence-corrected chi connectivity index (χ2v) is 7.29. The van der Waals surface area contributed by atoms with Gasteiger partial charge in [0.2, 0.25) is 0 Å². The van der Waals surface area contributed by atoms with Crippen molar-refractivity contribution in [3.8, 4) is 0 Å². The monoisotopic (exact) mass is 316 g/mol. The van der Waals surface area contributed by atoms with E-state index in [-0.39, 0.29) is 0 Å². The van der Waals surface area contributed by atoms with E-state index in [1.165, 1.54) is 57.4 Å². The predicted molar refractivity (Wildman–Crippen MR) is 95.8 cm³/mol. The summed E-state index contributed by atoms with van der Waals surface area (Å²) in [5, 5.41) is 0. The fourth-order valence-corrected chi connectivity index (χ4v) is 3.89. The van der Waals surface area contributed by atoms with Crippen LogP contribution in [0.2, 0.25) is 0 Å². The molecule has 2 saturated heterocycles. The van der Waals surface area contributed by atoms with Crippen molar-refractivity contribution in [2.45, 2.75) is 38.7 Å². The van der Waals surface area contributed by atoms with Crippen molar-refractivity contribution in [1.82, 2.24) is 9.80 Å². The predicted octanol–water partition coefficient (Wildman–Crippen LogP) is 3.05. The van der Waals surface area contributed by atoms with E-state index in [1.54, 1.807) is 0 Å². The number of piperidine rings is 1. The third-order valence-corrected chi connectivity index (χ3v) is 5.45. The van der Waals surface area contributed by atoms with Gasteiger partial charge in [-0.3, -0.25) is 4.90 Å². The Labute approximate surface area is 141 Å². The van der Waals surface area contributed by atoms with Gasteiger partial charge in [-0.25, -0.2) is 0 Å². The number of aryl methyl sites for hydroxylation is 1. The lowest BCUT2D eigenvalue weighted by molar-refractivity contribution is -0.0214. The minimum atomic E-state index is 0.410. The molecule has 1 aromatic carbocycles. The molecule has 128 valence electrons. The molecule has 3 rings (SSSR count). The summed E-state index contributed by atoms with van der Waals surface area (Å²) in [7, 11) is 0. The van der Waals surface area contributed by atoms with E-state index >= 15 is 0 Å². The first-order valence-electron chi connectivity index (χ1n) is 9.40. The lowest BCUT2D eigenvalue weighted by atomic mass is 9.90. The molecular weight excluding hydrogens is 284 g/mol. The van der Waals surface area contributed by atoms with Crippen molar-refractivity contribution in [1.29, 1.82) is 0 Å². The van der Waals surface area contributed by atoms with Gasteiger partial charge in [-0.1, -0.05) is 30.3 Å². The maximum atomic E-state index is 5.62. The third-order valence-electron chi connectivity index (χ3n) is 5.45. The quantitative estimate of drug-likeness (QED) is 0.802. The highest BCUT2D eigenvalue weighted by molar-refractivity contribution is 5.14. The van der Waals surface area contributed by atoms with Gasteiger partial charge in [0.05, 0.1) is 12.7 Å². The molecule has 0 radical (unpaired) electrons. The average molecular weight is 316 g/mol. The molecule has 1 aromatic rings. The number of nitrogens with zero attached hydrogens (tertiary/aromatic N) is 2. The molecule has 0 spiro atoms. The summed E-state index contributed by atoms with van der Waals surface area (Å²) in [6, 6.07) is 10.9. The maximum Gasteiger partial charge on any atom is 0.0674 e. The fourth-order valence-electron chi connectivity index (χ4n) is 3.89. The smallest absolute Gasteiger partial charge is 0.0674 e. The van der Waals surface area contributed by atoms with E-state index in [4.69, 9.17) is 4.74 Å². The van der Waals surface area contributed by atoms with E-state index in [0.717, 1.165) is 25.6 Å². The minimum absolute atomic E-state index is 0.410. The molecule has 0 saturated carbocycles. The first kappa shape index (κ1) is 16.9. The van der Waals surface area contributed by atoms with Gasteiger partial charge in [0.15, 0.2) is 0 Å². The Morgan fingerprint density at radius 2 is 1.74 bits per heavy atom. The van der Waals surface area contributed by atoms with Gasteiger partial charge in [0.25, 0.3) is 0 Å². The highest BCUT2D eigenvalue weighted by Crippen LogP contribution is 2.22. The number of benzene rings is 1. The summed E-state index contributed by atoms with van der Waals surface area (Å²) in [6.45, 7) is 10.3. The normalized spacial score (nSPS) is 24.8. The second kappa shape index (κ2) is 8.81. The second-order valence-electron chi connectivity index (χ2n) is 7.29. The van der Waals surface area contributed by atoms with Gasteiger partial charge in [0.1, 0.15) is 0 Å². The molecule has 2 fully saturated rings. The minimum Gasteiger partial charge on any atom is -0.376 e. The molecule has 0 N–H and O–H groups in total. The van der Waals surface area contributed by atoms with Gasteiger partial charge in [-0.2, -0.15) is 0 Å². The number of hydrogen-bond donors (Lipinski definition) is 0. The molecule has 2 aliphatic heterocycles. The Bertz CT molecular complexity index is 442. The lowest BCUT2D eigenvalue weighted by Crippen LogP contribution is -2.45. The third kappa shape index (κ3) is 5.59. The van der Waals surface area contributed by atoms with Gasteiger partial charge in [0, 0.05) is 26.2 Å². The first-order chi connectivity index (χ1) is 11.3. The zero-order chi connectivity index (χ0) is 15.9. The van der Waals surface area contributed by atoms with Crippen molar-refractivity contribution in [2.75, 3.05) is 45.9 Å². The summed E-state index contributed by atoms with van der Waals surface area (Å²) in [6.07, 6.45) is 5.78. The summed E-state index contributed by atoms with van der Waals surface area (Å²) in [4.78, 5) is 5.23. The standard InChI is InChI=1S/C20H32N2O/c1-18-17-22(15-16-23-18)14-13-21-11-9-20(10-12-21)8-7-19-5-3-2-4-6-19/h2-6,18,20H,7-17H2,1H3. The van der Waals surface area contributed by atoms with E-state index in [2.05, 4.69) is 47.1 Å². The molecule has 0 aliphatic carbocycles. The molecule has 23 heavy (non-hydrogen) atoms. The highest BCUT2D eigenvalue weighted by Gasteiger charge is 2.21. The van der Waals surface area contributed by atoms with Crippen molar-refractivity contribution in [2.24, 2.45) is 5.92 Å². The van der Waals surface area contributed by atoms with Crippen molar-refractivity contribution >= 4 is 0 Å². The van der Waals surface area contributed by atoms with Gasteiger partial charge < -0.3 is 9.64 Å². The molecular formula is C20H32N2O. The summed E-state index contributed by atoms with van der Waals surface area (Å²) >= 11 is 0. The van der Waals surface area contributed by atoms with Crippen LogP contribution in [0.25, 0.3) is 0 Å². The van der Waals surface area contributed by atoms with Crippen LogP contribution in [0, 0.1) is 5.92 Å². The molecule has 0 amide bonds. The van der Waals surface area contributed by atoms with Crippen molar-refractivity contribution < 1.29 is 4.74 Å². The van der Waals surface area contributed by atoms with Crippen molar-refractivity contribution in [3.05, 3.63) is 35.9 Å². The Morgan fingerprint density at radius 3 is 2.48 bits per heavy atom. The maximum absolute atomic E-state index is 5.62. The number of likely N-dealkylation sites (tertiary alicyclic amines) is 1. The van der Waals surface area contributed by atoms with Crippen LogP contribution in [0.4, 0.5) is 0 Å². The molecule has 0 aromatic heterocycles. The Morgan fingerprint density at radius 1 is 1.00 bits per heavy atom. The Kier molecular flexibility index (Phi) is 6.49. The summed E-state index contributed by atoms with van der Waals surface area (Å²) in [5.41, 5.74) is 1.50. The van der Waals surface area contributed by atoms with E-state index < -0.39 is 0 Å². The lowest BCUT2D eigenvalue weighted by Gasteiger charge is -2.35. The van der Waals surface area contributed by atoms with Crippen LogP contribution in [0.15, 0.2) is 30.3 Å². The van der Waals surface area contributed by atoms with Crippen LogP contribution in [0.1, 0.15) is 31.7 Å². The number of rotatable bonds is 6. The van der Waals surface area contributed by atoms with Crippen LogP contribution >= 0.6 is 0 Å². The highest BCUT2D eigenvalue weighted by atomic mass is 16.5. The fraction of sp³-hybridized carbons (Fsp3) is 0.700. The average Bonchev–Trinajstić information content (AvgIpc) is 2.60.